The lowest BCUT2D eigenvalue weighted by atomic mass is 10.0. The van der Waals surface area contributed by atoms with Gasteiger partial charge in [0.15, 0.2) is 0 Å². The van der Waals surface area contributed by atoms with E-state index < -0.39 is 6.04 Å². The lowest BCUT2D eigenvalue weighted by molar-refractivity contribution is 0.355. The zero-order chi connectivity index (χ0) is 14.7. The van der Waals surface area contributed by atoms with Gasteiger partial charge in [-0.15, -0.1) is 0 Å². The van der Waals surface area contributed by atoms with Crippen LogP contribution in [0.5, 0.6) is 11.8 Å². The first-order chi connectivity index (χ1) is 9.56. The van der Waals surface area contributed by atoms with Crippen molar-refractivity contribution in [1.29, 1.82) is 0 Å². The fraction of sp³-hybridized carbons (Fsp3) is 0.231. The number of benzene rings is 1. The van der Waals surface area contributed by atoms with Crippen molar-refractivity contribution in [2.24, 2.45) is 5.73 Å². The van der Waals surface area contributed by atoms with Crippen molar-refractivity contribution in [2.45, 2.75) is 6.04 Å². The lowest BCUT2D eigenvalue weighted by Crippen LogP contribution is -2.16. The van der Waals surface area contributed by atoms with Crippen LogP contribution in [0, 0.1) is 3.57 Å². The minimum atomic E-state index is -0.438. The molecule has 0 aliphatic heterocycles. The van der Waals surface area contributed by atoms with Gasteiger partial charge in [-0.05, 0) is 46.4 Å². The standard InChI is InChI=1S/C13H13BrIN3O2/c1-19-10-6-17-12(13(18-10)20-2)11(16)8-5-7(15)3-4-9(8)14/h3-6,11H,16H2,1-2H3. The largest absolute Gasteiger partial charge is 0.480 e. The zero-order valence-corrected chi connectivity index (χ0v) is 14.7. The van der Waals surface area contributed by atoms with Crippen molar-refractivity contribution in [2.75, 3.05) is 14.2 Å². The molecule has 0 aliphatic rings. The van der Waals surface area contributed by atoms with Crippen molar-refractivity contribution < 1.29 is 9.47 Å². The van der Waals surface area contributed by atoms with E-state index in [9.17, 15) is 0 Å². The van der Waals surface area contributed by atoms with Crippen molar-refractivity contribution >= 4 is 38.5 Å². The van der Waals surface area contributed by atoms with Gasteiger partial charge in [0.05, 0.1) is 26.5 Å². The van der Waals surface area contributed by atoms with Gasteiger partial charge in [-0.1, -0.05) is 15.9 Å². The summed E-state index contributed by atoms with van der Waals surface area (Å²) in [7, 11) is 3.06. The highest BCUT2D eigenvalue weighted by atomic mass is 127. The number of methoxy groups -OCH3 is 2. The van der Waals surface area contributed by atoms with Gasteiger partial charge in [-0.25, -0.2) is 4.98 Å². The van der Waals surface area contributed by atoms with Gasteiger partial charge in [0.2, 0.25) is 11.8 Å². The summed E-state index contributed by atoms with van der Waals surface area (Å²) in [5.41, 5.74) is 7.79. The highest BCUT2D eigenvalue weighted by Gasteiger charge is 2.20. The summed E-state index contributed by atoms with van der Waals surface area (Å²) in [6, 6.07) is 5.52. The van der Waals surface area contributed by atoms with E-state index in [4.69, 9.17) is 15.2 Å². The highest BCUT2D eigenvalue weighted by molar-refractivity contribution is 14.1. The summed E-state index contributed by atoms with van der Waals surface area (Å²) in [6.45, 7) is 0. The molecule has 20 heavy (non-hydrogen) atoms. The number of aromatic nitrogens is 2. The Bertz CT molecular complexity index is 625. The van der Waals surface area contributed by atoms with Gasteiger partial charge >= 0.3 is 0 Å². The Kier molecular flexibility index (Phi) is 5.17. The molecular formula is C13H13BrIN3O2. The SMILES string of the molecule is COc1cnc(C(N)c2cc(I)ccc2Br)c(OC)n1. The first-order valence-corrected chi connectivity index (χ1v) is 7.59. The molecule has 5 nitrogen and oxygen atoms in total. The van der Waals surface area contributed by atoms with Crippen LogP contribution >= 0.6 is 38.5 Å². The minimum absolute atomic E-state index is 0.364. The number of halogens is 2. The second-order valence-corrected chi connectivity index (χ2v) is 6.05. The second kappa shape index (κ2) is 6.68. The number of rotatable bonds is 4. The van der Waals surface area contributed by atoms with Crippen molar-refractivity contribution in [3.8, 4) is 11.8 Å². The van der Waals surface area contributed by atoms with E-state index in [-0.39, 0.29) is 0 Å². The molecule has 0 amide bonds. The summed E-state index contributed by atoms with van der Waals surface area (Å²) >= 11 is 5.75. The van der Waals surface area contributed by atoms with Gasteiger partial charge in [0.25, 0.3) is 0 Å². The monoisotopic (exact) mass is 449 g/mol. The average molecular weight is 450 g/mol. The quantitative estimate of drug-likeness (QED) is 0.726. The number of ether oxygens (including phenoxy) is 2. The van der Waals surface area contributed by atoms with Gasteiger partial charge in [0, 0.05) is 8.04 Å². The van der Waals surface area contributed by atoms with Crippen LogP contribution in [0.3, 0.4) is 0 Å². The molecule has 7 heteroatoms. The van der Waals surface area contributed by atoms with E-state index in [0.29, 0.717) is 17.5 Å². The molecular weight excluding hydrogens is 437 g/mol. The molecule has 0 spiro atoms. The third-order valence-electron chi connectivity index (χ3n) is 2.74. The molecule has 106 valence electrons. The van der Waals surface area contributed by atoms with Crippen LogP contribution in [0.15, 0.2) is 28.9 Å². The Morgan fingerprint density at radius 1 is 1.30 bits per heavy atom. The number of nitrogens with two attached hydrogens (primary N) is 1. The van der Waals surface area contributed by atoms with Crippen LogP contribution in [0.2, 0.25) is 0 Å². The summed E-state index contributed by atoms with van der Waals surface area (Å²) in [5, 5.41) is 0. The first kappa shape index (κ1) is 15.5. The number of hydrogen-bond donors (Lipinski definition) is 1. The lowest BCUT2D eigenvalue weighted by Gasteiger charge is -2.16. The molecule has 1 unspecified atom stereocenters. The highest BCUT2D eigenvalue weighted by Crippen LogP contribution is 2.31. The van der Waals surface area contributed by atoms with Crippen LogP contribution in [0.4, 0.5) is 0 Å². The molecule has 2 aromatic rings. The van der Waals surface area contributed by atoms with Gasteiger partial charge in [-0.3, -0.25) is 0 Å². The molecule has 1 aromatic heterocycles. The Morgan fingerprint density at radius 3 is 2.70 bits per heavy atom. The molecule has 0 saturated carbocycles. The predicted octanol–water partition coefficient (Wildman–Crippen LogP) is 2.91. The van der Waals surface area contributed by atoms with Crippen molar-refractivity contribution in [1.82, 2.24) is 9.97 Å². The molecule has 1 atom stereocenters. The molecule has 0 aliphatic carbocycles. The maximum Gasteiger partial charge on any atom is 0.240 e. The predicted molar refractivity (Wildman–Crippen MR) is 88.0 cm³/mol. The van der Waals surface area contributed by atoms with Crippen LogP contribution in [0.1, 0.15) is 17.3 Å². The number of nitrogens with zero attached hydrogens (tertiary/aromatic N) is 2. The van der Waals surface area contributed by atoms with E-state index in [2.05, 4.69) is 48.5 Å². The Hall–Kier alpha value is -0.930. The molecule has 0 radical (unpaired) electrons. The Morgan fingerprint density at radius 2 is 2.05 bits per heavy atom. The zero-order valence-electron chi connectivity index (χ0n) is 10.9. The average Bonchev–Trinajstić information content (AvgIpc) is 2.48. The molecule has 0 fully saturated rings. The third kappa shape index (κ3) is 3.21. The third-order valence-corrected chi connectivity index (χ3v) is 4.13. The first-order valence-electron chi connectivity index (χ1n) is 5.72. The van der Waals surface area contributed by atoms with Crippen molar-refractivity contribution in [3.63, 3.8) is 0 Å². The summed E-state index contributed by atoms with van der Waals surface area (Å²) in [4.78, 5) is 8.51. The van der Waals surface area contributed by atoms with E-state index in [0.717, 1.165) is 13.6 Å². The van der Waals surface area contributed by atoms with Crippen LogP contribution in [-0.4, -0.2) is 24.2 Å². The maximum absolute atomic E-state index is 6.30. The van der Waals surface area contributed by atoms with E-state index in [1.54, 1.807) is 0 Å². The van der Waals surface area contributed by atoms with Crippen LogP contribution in [-0.2, 0) is 0 Å². The Balaban J connectivity index is 2.47. The summed E-state index contributed by atoms with van der Waals surface area (Å²) < 4.78 is 12.3. The molecule has 0 saturated heterocycles. The topological polar surface area (TPSA) is 70.3 Å². The van der Waals surface area contributed by atoms with E-state index >= 15 is 0 Å². The molecule has 0 bridgehead atoms. The summed E-state index contributed by atoms with van der Waals surface area (Å²) in [5.74, 6) is 0.752. The smallest absolute Gasteiger partial charge is 0.240 e. The summed E-state index contributed by atoms with van der Waals surface area (Å²) in [6.07, 6.45) is 1.53. The second-order valence-electron chi connectivity index (χ2n) is 3.95. The minimum Gasteiger partial charge on any atom is -0.480 e. The van der Waals surface area contributed by atoms with Crippen molar-refractivity contribution in [3.05, 3.63) is 43.7 Å². The Labute approximate surface area is 139 Å². The van der Waals surface area contributed by atoms with E-state index in [1.807, 2.05) is 18.2 Å². The molecule has 1 aromatic carbocycles. The van der Waals surface area contributed by atoms with E-state index in [1.165, 1.54) is 20.4 Å². The number of hydrogen-bond acceptors (Lipinski definition) is 5. The van der Waals surface area contributed by atoms with Gasteiger partial charge < -0.3 is 15.2 Å². The molecule has 2 rings (SSSR count). The molecule has 2 N–H and O–H groups in total. The maximum atomic E-state index is 6.30. The fourth-order valence-corrected chi connectivity index (χ4v) is 2.74. The normalized spacial score (nSPS) is 12.1. The van der Waals surface area contributed by atoms with Gasteiger partial charge in [0.1, 0.15) is 5.69 Å². The van der Waals surface area contributed by atoms with Crippen LogP contribution in [0.25, 0.3) is 0 Å². The van der Waals surface area contributed by atoms with Crippen LogP contribution < -0.4 is 15.2 Å². The molecule has 1 heterocycles. The van der Waals surface area contributed by atoms with Gasteiger partial charge in [-0.2, -0.15) is 4.98 Å². The fourth-order valence-electron chi connectivity index (χ4n) is 1.73.